The molecule has 0 spiro atoms. The number of thioether (sulfide) groups is 1. The Bertz CT molecular complexity index is 978. The van der Waals surface area contributed by atoms with Gasteiger partial charge in [-0.25, -0.2) is 0 Å². The molecule has 8 heteroatoms. The van der Waals surface area contributed by atoms with E-state index in [2.05, 4.69) is 40.6 Å². The van der Waals surface area contributed by atoms with Gasteiger partial charge in [0.15, 0.2) is 10.4 Å². The van der Waals surface area contributed by atoms with E-state index in [4.69, 9.17) is 16.3 Å². The summed E-state index contributed by atoms with van der Waals surface area (Å²) in [4.78, 5) is 12.4. The van der Waals surface area contributed by atoms with E-state index >= 15 is 0 Å². The van der Waals surface area contributed by atoms with Crippen LogP contribution in [0.25, 0.3) is 0 Å². The van der Waals surface area contributed by atoms with Crippen molar-refractivity contribution in [2.24, 2.45) is 0 Å². The lowest BCUT2D eigenvalue weighted by atomic mass is 10.2. The van der Waals surface area contributed by atoms with E-state index < -0.39 is 6.10 Å². The van der Waals surface area contributed by atoms with Crippen LogP contribution in [0.4, 0.5) is 5.13 Å². The molecule has 1 heterocycles. The number of anilines is 1. The molecule has 1 unspecified atom stereocenters. The lowest BCUT2D eigenvalue weighted by Gasteiger charge is -2.14. The molecule has 0 fully saturated rings. The number of nitrogens with one attached hydrogen (secondary N) is 1. The van der Waals surface area contributed by atoms with Crippen LogP contribution in [-0.4, -0.2) is 22.2 Å². The first-order valence-corrected chi connectivity index (χ1v) is 10.8. The summed E-state index contributed by atoms with van der Waals surface area (Å²) >= 11 is 8.95. The minimum absolute atomic E-state index is 0.279. The van der Waals surface area contributed by atoms with Crippen molar-refractivity contribution >= 4 is 45.7 Å². The summed E-state index contributed by atoms with van der Waals surface area (Å²) in [5.74, 6) is 1.12. The van der Waals surface area contributed by atoms with E-state index in [-0.39, 0.29) is 5.91 Å². The van der Waals surface area contributed by atoms with Gasteiger partial charge in [0.05, 0.1) is 0 Å². The summed E-state index contributed by atoms with van der Waals surface area (Å²) in [5.41, 5.74) is 3.35. The SMILES string of the molecule is Cc1cccc(CSc2nnc(NC(=O)C(C)Oc3ccc(Cl)c(C)c3)s2)c1. The smallest absolute Gasteiger partial charge is 0.266 e. The molecule has 1 atom stereocenters. The topological polar surface area (TPSA) is 64.1 Å². The Morgan fingerprint density at radius 3 is 2.82 bits per heavy atom. The van der Waals surface area contributed by atoms with E-state index in [9.17, 15) is 4.79 Å². The Labute approximate surface area is 177 Å². The maximum Gasteiger partial charge on any atom is 0.266 e. The lowest BCUT2D eigenvalue weighted by Crippen LogP contribution is -2.30. The third kappa shape index (κ3) is 5.70. The van der Waals surface area contributed by atoms with Crippen LogP contribution < -0.4 is 10.1 Å². The molecule has 0 aliphatic carbocycles. The van der Waals surface area contributed by atoms with Gasteiger partial charge in [0.25, 0.3) is 5.91 Å². The Balaban J connectivity index is 1.53. The molecule has 0 saturated heterocycles. The number of hydrogen-bond acceptors (Lipinski definition) is 6. The number of benzene rings is 2. The molecule has 2 aromatic carbocycles. The molecule has 146 valence electrons. The highest BCUT2D eigenvalue weighted by Crippen LogP contribution is 2.29. The molecule has 1 amide bonds. The number of nitrogens with zero attached hydrogens (tertiary/aromatic N) is 2. The summed E-state index contributed by atoms with van der Waals surface area (Å²) in [6.07, 6.45) is -0.673. The summed E-state index contributed by atoms with van der Waals surface area (Å²) < 4.78 is 6.49. The second-order valence-corrected chi connectivity index (χ2v) is 8.92. The molecule has 3 rings (SSSR count). The first kappa shape index (κ1) is 20.6. The maximum absolute atomic E-state index is 12.4. The highest BCUT2D eigenvalue weighted by molar-refractivity contribution is 8.00. The molecule has 0 bridgehead atoms. The monoisotopic (exact) mass is 433 g/mol. The van der Waals surface area contributed by atoms with Crippen molar-refractivity contribution < 1.29 is 9.53 Å². The molecule has 28 heavy (non-hydrogen) atoms. The van der Waals surface area contributed by atoms with Crippen molar-refractivity contribution in [2.45, 2.75) is 37.0 Å². The van der Waals surface area contributed by atoms with Gasteiger partial charge in [0.2, 0.25) is 5.13 Å². The number of carbonyl (C=O) groups is 1. The highest BCUT2D eigenvalue weighted by atomic mass is 35.5. The van der Waals surface area contributed by atoms with Gasteiger partial charge >= 0.3 is 0 Å². The number of amides is 1. The zero-order valence-corrected chi connectivity index (χ0v) is 18.1. The summed E-state index contributed by atoms with van der Waals surface area (Å²) in [6, 6.07) is 13.6. The third-order valence-corrected chi connectivity index (χ3v) is 6.36. The molecule has 5 nitrogen and oxygen atoms in total. The molecule has 0 aliphatic rings. The molecular weight excluding hydrogens is 414 g/mol. The average Bonchev–Trinajstić information content (AvgIpc) is 3.10. The predicted molar refractivity (Wildman–Crippen MR) is 116 cm³/mol. The van der Waals surface area contributed by atoms with Crippen LogP contribution in [0.15, 0.2) is 46.8 Å². The number of halogens is 1. The molecular formula is C20H20ClN3O2S2. The molecule has 3 aromatic rings. The van der Waals surface area contributed by atoms with Crippen LogP contribution in [-0.2, 0) is 10.5 Å². The summed E-state index contributed by atoms with van der Waals surface area (Å²) in [6.45, 7) is 5.65. The van der Waals surface area contributed by atoms with Crippen molar-refractivity contribution in [2.75, 3.05) is 5.32 Å². The molecule has 0 radical (unpaired) electrons. The largest absolute Gasteiger partial charge is 0.481 e. The van der Waals surface area contributed by atoms with E-state index in [1.54, 1.807) is 36.9 Å². The number of aromatic nitrogens is 2. The fourth-order valence-corrected chi connectivity index (χ4v) is 4.24. The highest BCUT2D eigenvalue weighted by Gasteiger charge is 2.17. The van der Waals surface area contributed by atoms with Crippen molar-refractivity contribution in [3.05, 3.63) is 64.2 Å². The van der Waals surface area contributed by atoms with Gasteiger partial charge in [-0.3, -0.25) is 10.1 Å². The van der Waals surface area contributed by atoms with Gasteiger partial charge < -0.3 is 4.74 Å². The van der Waals surface area contributed by atoms with Crippen LogP contribution in [0.3, 0.4) is 0 Å². The first-order chi connectivity index (χ1) is 13.4. The van der Waals surface area contributed by atoms with Gasteiger partial charge in [-0.2, -0.15) is 0 Å². The number of carbonyl (C=O) groups excluding carboxylic acids is 1. The van der Waals surface area contributed by atoms with Crippen LogP contribution in [0.5, 0.6) is 5.75 Å². The first-order valence-electron chi connectivity index (χ1n) is 8.66. The quantitative estimate of drug-likeness (QED) is 0.393. The van der Waals surface area contributed by atoms with Crippen molar-refractivity contribution in [3.8, 4) is 5.75 Å². The third-order valence-electron chi connectivity index (χ3n) is 3.89. The summed E-state index contributed by atoms with van der Waals surface area (Å²) in [5, 5.41) is 12.1. The molecule has 0 aliphatic heterocycles. The zero-order valence-electron chi connectivity index (χ0n) is 15.7. The second-order valence-electron chi connectivity index (χ2n) is 6.31. The minimum Gasteiger partial charge on any atom is -0.481 e. The Kier molecular flexibility index (Phi) is 6.93. The van der Waals surface area contributed by atoms with Gasteiger partial charge in [0.1, 0.15) is 5.75 Å². The van der Waals surface area contributed by atoms with Crippen LogP contribution >= 0.6 is 34.7 Å². The summed E-state index contributed by atoms with van der Waals surface area (Å²) in [7, 11) is 0. The fraction of sp³-hybridized carbons (Fsp3) is 0.250. The standard InChI is InChI=1S/C20H20ClN3O2S2/c1-12-5-4-6-15(9-12)11-27-20-24-23-19(28-20)22-18(25)14(3)26-16-7-8-17(21)13(2)10-16/h4-10,14H,11H2,1-3H3,(H,22,23,25). The Morgan fingerprint density at radius 2 is 2.07 bits per heavy atom. The van der Waals surface area contributed by atoms with Crippen LogP contribution in [0, 0.1) is 13.8 Å². The molecule has 1 aromatic heterocycles. The number of rotatable bonds is 7. The van der Waals surface area contributed by atoms with Crippen molar-refractivity contribution in [1.82, 2.24) is 10.2 Å². The average molecular weight is 434 g/mol. The van der Waals surface area contributed by atoms with E-state index in [1.807, 2.05) is 13.0 Å². The van der Waals surface area contributed by atoms with Crippen LogP contribution in [0.1, 0.15) is 23.6 Å². The van der Waals surface area contributed by atoms with E-state index in [0.717, 1.165) is 15.7 Å². The lowest BCUT2D eigenvalue weighted by molar-refractivity contribution is -0.122. The van der Waals surface area contributed by atoms with Gasteiger partial charge in [-0.05, 0) is 50.1 Å². The number of hydrogen-bond donors (Lipinski definition) is 1. The van der Waals surface area contributed by atoms with Crippen molar-refractivity contribution in [1.29, 1.82) is 0 Å². The maximum atomic E-state index is 12.4. The van der Waals surface area contributed by atoms with E-state index in [1.165, 1.54) is 22.5 Å². The van der Waals surface area contributed by atoms with Gasteiger partial charge in [0, 0.05) is 10.8 Å². The minimum atomic E-state index is -0.673. The van der Waals surface area contributed by atoms with Crippen molar-refractivity contribution in [3.63, 3.8) is 0 Å². The Morgan fingerprint density at radius 1 is 1.25 bits per heavy atom. The van der Waals surface area contributed by atoms with Gasteiger partial charge in [-0.1, -0.05) is 64.5 Å². The number of ether oxygens (including phenoxy) is 1. The van der Waals surface area contributed by atoms with E-state index in [0.29, 0.717) is 15.9 Å². The predicted octanol–water partition coefficient (Wildman–Crippen LogP) is 5.51. The fourth-order valence-electron chi connectivity index (χ4n) is 2.42. The van der Waals surface area contributed by atoms with Crippen LogP contribution in [0.2, 0.25) is 5.02 Å². The number of aryl methyl sites for hydroxylation is 2. The second kappa shape index (κ2) is 9.41. The molecule has 0 saturated carbocycles. The molecule has 1 N–H and O–H groups in total. The Hall–Kier alpha value is -2.09. The van der Waals surface area contributed by atoms with Gasteiger partial charge in [-0.15, -0.1) is 10.2 Å². The normalized spacial score (nSPS) is 11.9. The zero-order chi connectivity index (χ0) is 20.1.